The van der Waals surface area contributed by atoms with Crippen molar-refractivity contribution >= 4 is 17.3 Å². The van der Waals surface area contributed by atoms with Crippen molar-refractivity contribution in [1.29, 1.82) is 0 Å². The fourth-order valence-corrected chi connectivity index (χ4v) is 3.15. The average molecular weight is 352 g/mol. The van der Waals surface area contributed by atoms with Gasteiger partial charge in [0.2, 0.25) is 0 Å². The summed E-state index contributed by atoms with van der Waals surface area (Å²) in [6.45, 7) is 7.54. The van der Waals surface area contributed by atoms with Crippen molar-refractivity contribution in [2.75, 3.05) is 13.1 Å². The van der Waals surface area contributed by atoms with Gasteiger partial charge in [-0.15, -0.1) is 11.3 Å². The molecule has 7 heteroatoms. The zero-order chi connectivity index (χ0) is 17.5. The molecule has 0 aliphatic carbocycles. The van der Waals surface area contributed by atoms with Gasteiger partial charge in [-0.3, -0.25) is 0 Å². The molecule has 2 aromatic rings. The third kappa shape index (κ3) is 4.99. The Morgan fingerprint density at radius 2 is 1.92 bits per heavy atom. The Bertz CT molecular complexity index is 692. The molecule has 0 fully saturated rings. The van der Waals surface area contributed by atoms with Crippen LogP contribution in [0.4, 0.5) is 8.78 Å². The predicted molar refractivity (Wildman–Crippen MR) is 94.5 cm³/mol. The van der Waals surface area contributed by atoms with Gasteiger partial charge in [-0.25, -0.2) is 18.8 Å². The molecule has 0 atom stereocenters. The first kappa shape index (κ1) is 18.3. The molecule has 1 heterocycles. The van der Waals surface area contributed by atoms with Crippen LogP contribution in [0.15, 0.2) is 23.2 Å². The first-order chi connectivity index (χ1) is 11.5. The van der Waals surface area contributed by atoms with Gasteiger partial charge < -0.3 is 10.6 Å². The summed E-state index contributed by atoms with van der Waals surface area (Å²) in [4.78, 5) is 10.0. The molecular weight excluding hydrogens is 330 g/mol. The number of nitrogens with zero attached hydrogens (tertiary/aromatic N) is 2. The topological polar surface area (TPSA) is 49.3 Å². The molecule has 130 valence electrons. The van der Waals surface area contributed by atoms with Crippen molar-refractivity contribution in [2.24, 2.45) is 4.99 Å². The lowest BCUT2D eigenvalue weighted by molar-refractivity contribution is 0.553. The third-order valence-corrected chi connectivity index (χ3v) is 4.51. The van der Waals surface area contributed by atoms with Gasteiger partial charge in [0, 0.05) is 23.5 Å². The summed E-state index contributed by atoms with van der Waals surface area (Å²) in [5.41, 5.74) is 1.08. The molecule has 0 bridgehead atoms. The van der Waals surface area contributed by atoms with Gasteiger partial charge in [0.25, 0.3) is 0 Å². The van der Waals surface area contributed by atoms with E-state index in [0.29, 0.717) is 25.6 Å². The summed E-state index contributed by atoms with van der Waals surface area (Å²) in [5, 5.41) is 7.26. The van der Waals surface area contributed by atoms with Crippen LogP contribution in [0.25, 0.3) is 0 Å². The zero-order valence-corrected chi connectivity index (χ0v) is 14.9. The zero-order valence-electron chi connectivity index (χ0n) is 14.1. The van der Waals surface area contributed by atoms with Crippen LogP contribution in [0.2, 0.25) is 0 Å². The molecule has 0 saturated heterocycles. The van der Waals surface area contributed by atoms with E-state index in [-0.39, 0.29) is 12.0 Å². The molecule has 24 heavy (non-hydrogen) atoms. The van der Waals surface area contributed by atoms with Crippen LogP contribution in [-0.2, 0) is 13.0 Å². The van der Waals surface area contributed by atoms with E-state index in [1.54, 1.807) is 11.3 Å². The van der Waals surface area contributed by atoms with Gasteiger partial charge in [-0.1, -0.05) is 6.07 Å². The maximum atomic E-state index is 13.6. The highest BCUT2D eigenvalue weighted by atomic mass is 32.1. The largest absolute Gasteiger partial charge is 0.357 e. The minimum absolute atomic E-state index is 0.0924. The smallest absolute Gasteiger partial charge is 0.191 e. The van der Waals surface area contributed by atoms with E-state index in [2.05, 4.69) is 20.6 Å². The maximum absolute atomic E-state index is 13.6. The van der Waals surface area contributed by atoms with Gasteiger partial charge in [0.1, 0.15) is 11.6 Å². The Hall–Kier alpha value is -2.02. The summed E-state index contributed by atoms with van der Waals surface area (Å²) in [6.07, 6.45) is 0.252. The quantitative estimate of drug-likeness (QED) is 0.619. The van der Waals surface area contributed by atoms with Gasteiger partial charge in [-0.2, -0.15) is 0 Å². The van der Waals surface area contributed by atoms with Crippen molar-refractivity contribution in [2.45, 2.75) is 33.7 Å². The van der Waals surface area contributed by atoms with Crippen LogP contribution in [0.1, 0.15) is 28.1 Å². The van der Waals surface area contributed by atoms with E-state index < -0.39 is 11.6 Å². The lowest BCUT2D eigenvalue weighted by atomic mass is 10.1. The first-order valence-electron chi connectivity index (χ1n) is 7.89. The Kier molecular flexibility index (Phi) is 6.66. The van der Waals surface area contributed by atoms with Crippen LogP contribution < -0.4 is 10.6 Å². The average Bonchev–Trinajstić information content (AvgIpc) is 2.85. The van der Waals surface area contributed by atoms with Crippen molar-refractivity contribution in [3.8, 4) is 0 Å². The van der Waals surface area contributed by atoms with E-state index in [0.717, 1.165) is 15.6 Å². The second kappa shape index (κ2) is 8.73. The van der Waals surface area contributed by atoms with E-state index in [1.165, 1.54) is 18.2 Å². The Balaban J connectivity index is 1.95. The molecule has 2 N–H and O–H groups in total. The van der Waals surface area contributed by atoms with Crippen molar-refractivity contribution in [3.05, 3.63) is 51.0 Å². The van der Waals surface area contributed by atoms with Crippen LogP contribution in [0.3, 0.4) is 0 Å². The predicted octanol–water partition coefficient (Wildman–Crippen LogP) is 3.34. The SMILES string of the molecule is CCNC(=NCc1sc(C)nc1C)NCCc1c(F)cccc1F. The summed E-state index contributed by atoms with van der Waals surface area (Å²) in [7, 11) is 0. The van der Waals surface area contributed by atoms with Crippen LogP contribution >= 0.6 is 11.3 Å². The number of thiazole rings is 1. The minimum atomic E-state index is -0.519. The molecule has 0 saturated carbocycles. The Morgan fingerprint density at radius 3 is 2.50 bits per heavy atom. The molecular formula is C17H22F2N4S. The van der Waals surface area contributed by atoms with Gasteiger partial charge >= 0.3 is 0 Å². The molecule has 0 amide bonds. The fraction of sp³-hybridized carbons (Fsp3) is 0.412. The number of hydrogen-bond acceptors (Lipinski definition) is 3. The standard InChI is InChI=1S/C17H22F2N4S/c1-4-20-17(22-10-16-11(2)23-12(3)24-16)21-9-8-13-14(18)6-5-7-15(13)19/h5-7H,4,8-10H2,1-3H3,(H2,20,21,22). The molecule has 1 aromatic carbocycles. The summed E-state index contributed by atoms with van der Waals surface area (Å²) in [6, 6.07) is 3.91. The highest BCUT2D eigenvalue weighted by molar-refractivity contribution is 7.11. The van der Waals surface area contributed by atoms with Gasteiger partial charge in [0.05, 0.1) is 17.2 Å². The second-order valence-electron chi connectivity index (χ2n) is 5.31. The molecule has 0 spiro atoms. The van der Waals surface area contributed by atoms with Gasteiger partial charge in [-0.05, 0) is 39.3 Å². The number of aryl methyl sites for hydroxylation is 2. The van der Waals surface area contributed by atoms with Crippen LogP contribution in [-0.4, -0.2) is 24.0 Å². The fourth-order valence-electron chi connectivity index (χ4n) is 2.29. The maximum Gasteiger partial charge on any atom is 0.191 e. The molecule has 0 radical (unpaired) electrons. The number of halogens is 2. The van der Waals surface area contributed by atoms with Crippen molar-refractivity contribution < 1.29 is 8.78 Å². The molecule has 0 unspecified atom stereocenters. The second-order valence-corrected chi connectivity index (χ2v) is 6.60. The van der Waals surface area contributed by atoms with E-state index in [4.69, 9.17) is 0 Å². The lowest BCUT2D eigenvalue weighted by Gasteiger charge is -2.11. The Morgan fingerprint density at radius 1 is 1.21 bits per heavy atom. The summed E-state index contributed by atoms with van der Waals surface area (Å²) in [5.74, 6) is -0.413. The number of rotatable bonds is 6. The van der Waals surface area contributed by atoms with E-state index in [9.17, 15) is 8.78 Å². The lowest BCUT2D eigenvalue weighted by Crippen LogP contribution is -2.38. The first-order valence-corrected chi connectivity index (χ1v) is 8.71. The van der Waals surface area contributed by atoms with Crippen LogP contribution in [0.5, 0.6) is 0 Å². The highest BCUT2D eigenvalue weighted by Crippen LogP contribution is 2.17. The number of aromatic nitrogens is 1. The number of guanidine groups is 1. The monoisotopic (exact) mass is 352 g/mol. The van der Waals surface area contributed by atoms with E-state index >= 15 is 0 Å². The van der Waals surface area contributed by atoms with Crippen molar-refractivity contribution in [3.63, 3.8) is 0 Å². The number of aliphatic imine (C=N–C) groups is 1. The third-order valence-electron chi connectivity index (χ3n) is 3.45. The molecule has 4 nitrogen and oxygen atoms in total. The van der Waals surface area contributed by atoms with Crippen molar-refractivity contribution in [1.82, 2.24) is 15.6 Å². The molecule has 2 rings (SSSR count). The number of benzene rings is 1. The highest BCUT2D eigenvalue weighted by Gasteiger charge is 2.09. The minimum Gasteiger partial charge on any atom is -0.357 e. The number of hydrogen-bond donors (Lipinski definition) is 2. The number of nitrogens with one attached hydrogen (secondary N) is 2. The van der Waals surface area contributed by atoms with E-state index in [1.807, 2.05) is 20.8 Å². The summed E-state index contributed by atoms with van der Waals surface area (Å²) < 4.78 is 27.2. The Labute approximate surface area is 145 Å². The molecule has 1 aromatic heterocycles. The normalized spacial score (nSPS) is 11.6. The van der Waals surface area contributed by atoms with Gasteiger partial charge in [0.15, 0.2) is 5.96 Å². The molecule has 0 aliphatic heterocycles. The van der Waals surface area contributed by atoms with Crippen LogP contribution in [0, 0.1) is 25.5 Å². The molecule has 0 aliphatic rings. The summed E-state index contributed by atoms with van der Waals surface area (Å²) >= 11 is 1.63.